The SMILES string of the molecule is Cc1noc(C)c1CCC(=O)Nc1snc(C)c1C(=O)O. The number of nitrogens with one attached hydrogen (secondary N) is 1. The molecule has 2 rings (SSSR count). The van der Waals surface area contributed by atoms with E-state index in [-0.39, 0.29) is 22.9 Å². The Morgan fingerprint density at radius 2 is 2.00 bits per heavy atom. The summed E-state index contributed by atoms with van der Waals surface area (Å²) in [5.74, 6) is -0.663. The molecular formula is C13H15N3O4S. The molecule has 2 aromatic rings. The van der Waals surface area contributed by atoms with Gasteiger partial charge in [0.25, 0.3) is 0 Å². The predicted molar refractivity (Wildman–Crippen MR) is 76.7 cm³/mol. The van der Waals surface area contributed by atoms with Crippen LogP contribution in [0, 0.1) is 20.8 Å². The lowest BCUT2D eigenvalue weighted by Gasteiger charge is -2.04. The average Bonchev–Trinajstić information content (AvgIpc) is 2.91. The average molecular weight is 309 g/mol. The normalized spacial score (nSPS) is 10.6. The first kappa shape index (κ1) is 15.2. The number of carbonyl (C=O) groups excluding carboxylic acids is 1. The second-order valence-electron chi connectivity index (χ2n) is 4.63. The standard InChI is InChI=1S/C13H15N3O4S/c1-6-9(8(3)20-15-6)4-5-10(17)14-12-11(13(18)19)7(2)16-21-12/h4-5H2,1-3H3,(H,14,17)(H,18,19). The van der Waals surface area contributed by atoms with Crippen LogP contribution in [0.1, 0.15) is 39.5 Å². The van der Waals surface area contributed by atoms with Crippen LogP contribution in [0.4, 0.5) is 5.00 Å². The first-order valence-corrected chi connectivity index (χ1v) is 7.08. The van der Waals surface area contributed by atoms with E-state index < -0.39 is 5.97 Å². The van der Waals surface area contributed by atoms with Crippen LogP contribution in [-0.2, 0) is 11.2 Å². The molecule has 1 amide bonds. The third-order valence-electron chi connectivity index (χ3n) is 3.11. The highest BCUT2D eigenvalue weighted by Crippen LogP contribution is 2.24. The van der Waals surface area contributed by atoms with Gasteiger partial charge in [0.1, 0.15) is 16.3 Å². The molecule has 2 aromatic heterocycles. The van der Waals surface area contributed by atoms with Crippen molar-refractivity contribution in [3.8, 4) is 0 Å². The second kappa shape index (κ2) is 6.04. The first-order valence-electron chi connectivity index (χ1n) is 6.31. The molecule has 2 N–H and O–H groups in total. The minimum atomic E-state index is -1.10. The lowest BCUT2D eigenvalue weighted by atomic mass is 10.1. The van der Waals surface area contributed by atoms with Gasteiger partial charge in [0.05, 0.1) is 11.4 Å². The molecule has 2 heterocycles. The van der Waals surface area contributed by atoms with Gasteiger partial charge in [-0.15, -0.1) is 0 Å². The van der Waals surface area contributed by atoms with Crippen LogP contribution in [-0.4, -0.2) is 26.5 Å². The first-order chi connectivity index (χ1) is 9.90. The Bertz CT molecular complexity index is 670. The number of aromatic nitrogens is 2. The predicted octanol–water partition coefficient (Wildman–Crippen LogP) is 2.33. The molecular weight excluding hydrogens is 294 g/mol. The maximum atomic E-state index is 11.9. The molecule has 0 bridgehead atoms. The van der Waals surface area contributed by atoms with Crippen molar-refractivity contribution in [1.82, 2.24) is 9.53 Å². The van der Waals surface area contributed by atoms with Gasteiger partial charge in [-0.1, -0.05) is 5.16 Å². The van der Waals surface area contributed by atoms with Crippen LogP contribution in [0.25, 0.3) is 0 Å². The molecule has 112 valence electrons. The van der Waals surface area contributed by atoms with Crippen LogP contribution in [0.2, 0.25) is 0 Å². The molecule has 0 spiro atoms. The summed E-state index contributed by atoms with van der Waals surface area (Å²) in [7, 11) is 0. The van der Waals surface area contributed by atoms with E-state index in [2.05, 4.69) is 14.8 Å². The highest BCUT2D eigenvalue weighted by Gasteiger charge is 2.19. The van der Waals surface area contributed by atoms with E-state index in [4.69, 9.17) is 9.63 Å². The van der Waals surface area contributed by atoms with Crippen LogP contribution < -0.4 is 5.32 Å². The van der Waals surface area contributed by atoms with Gasteiger partial charge >= 0.3 is 5.97 Å². The Balaban J connectivity index is 2.01. The molecule has 0 radical (unpaired) electrons. The number of aromatic carboxylic acids is 1. The summed E-state index contributed by atoms with van der Waals surface area (Å²) in [6.45, 7) is 5.21. The van der Waals surface area contributed by atoms with Crippen molar-refractivity contribution in [3.63, 3.8) is 0 Å². The van der Waals surface area contributed by atoms with Crippen LogP contribution >= 0.6 is 11.5 Å². The molecule has 0 aliphatic rings. The molecule has 0 aliphatic heterocycles. The molecule has 0 saturated carbocycles. The number of amides is 1. The zero-order valence-electron chi connectivity index (χ0n) is 11.9. The second-order valence-corrected chi connectivity index (χ2v) is 5.40. The fraction of sp³-hybridized carbons (Fsp3) is 0.385. The maximum absolute atomic E-state index is 11.9. The molecule has 21 heavy (non-hydrogen) atoms. The van der Waals surface area contributed by atoms with Crippen molar-refractivity contribution in [1.29, 1.82) is 0 Å². The molecule has 0 atom stereocenters. The number of hydrogen-bond donors (Lipinski definition) is 2. The Labute approximate surface area is 125 Å². The zero-order chi connectivity index (χ0) is 15.6. The Kier molecular flexibility index (Phi) is 4.37. The summed E-state index contributed by atoms with van der Waals surface area (Å²) >= 11 is 0.969. The minimum Gasteiger partial charge on any atom is -0.478 e. The number of nitrogens with zero attached hydrogens (tertiary/aromatic N) is 2. The fourth-order valence-electron chi connectivity index (χ4n) is 1.99. The van der Waals surface area contributed by atoms with E-state index in [1.807, 2.05) is 6.92 Å². The molecule has 0 unspecified atom stereocenters. The quantitative estimate of drug-likeness (QED) is 0.878. The number of carbonyl (C=O) groups is 2. The smallest absolute Gasteiger partial charge is 0.340 e. The Morgan fingerprint density at radius 1 is 1.29 bits per heavy atom. The summed E-state index contributed by atoms with van der Waals surface area (Å²) in [5.41, 5.74) is 2.11. The highest BCUT2D eigenvalue weighted by molar-refractivity contribution is 7.11. The largest absolute Gasteiger partial charge is 0.478 e. The van der Waals surface area contributed by atoms with E-state index in [9.17, 15) is 9.59 Å². The monoisotopic (exact) mass is 309 g/mol. The van der Waals surface area contributed by atoms with E-state index in [1.165, 1.54) is 0 Å². The number of carboxylic acids is 1. The molecule has 7 nitrogen and oxygen atoms in total. The molecule has 0 aromatic carbocycles. The number of rotatable bonds is 5. The van der Waals surface area contributed by atoms with Gasteiger partial charge in [0.15, 0.2) is 0 Å². The van der Waals surface area contributed by atoms with Crippen molar-refractivity contribution in [3.05, 3.63) is 28.3 Å². The summed E-state index contributed by atoms with van der Waals surface area (Å²) in [6, 6.07) is 0. The number of anilines is 1. The molecule has 8 heteroatoms. The van der Waals surface area contributed by atoms with Crippen molar-refractivity contribution >= 4 is 28.4 Å². The maximum Gasteiger partial charge on any atom is 0.340 e. The lowest BCUT2D eigenvalue weighted by Crippen LogP contribution is -2.14. The lowest BCUT2D eigenvalue weighted by molar-refractivity contribution is -0.116. The Hall–Kier alpha value is -2.22. The van der Waals surface area contributed by atoms with Crippen molar-refractivity contribution in [2.45, 2.75) is 33.6 Å². The summed E-state index contributed by atoms with van der Waals surface area (Å²) in [5, 5.41) is 15.8. The van der Waals surface area contributed by atoms with Crippen LogP contribution in [0.5, 0.6) is 0 Å². The van der Waals surface area contributed by atoms with E-state index in [1.54, 1.807) is 13.8 Å². The molecule has 0 aliphatic carbocycles. The van der Waals surface area contributed by atoms with Gasteiger partial charge in [0.2, 0.25) is 5.91 Å². The summed E-state index contributed by atoms with van der Waals surface area (Å²) in [4.78, 5) is 23.1. The van der Waals surface area contributed by atoms with Crippen LogP contribution in [0.3, 0.4) is 0 Å². The topological polar surface area (TPSA) is 105 Å². The van der Waals surface area contributed by atoms with E-state index in [0.717, 1.165) is 22.8 Å². The van der Waals surface area contributed by atoms with E-state index in [0.29, 0.717) is 17.9 Å². The van der Waals surface area contributed by atoms with E-state index >= 15 is 0 Å². The third-order valence-corrected chi connectivity index (χ3v) is 3.97. The van der Waals surface area contributed by atoms with Gasteiger partial charge in [-0.05, 0) is 38.7 Å². The van der Waals surface area contributed by atoms with Crippen molar-refractivity contribution in [2.75, 3.05) is 5.32 Å². The molecule has 0 fully saturated rings. The summed E-state index contributed by atoms with van der Waals surface area (Å²) < 4.78 is 8.98. The minimum absolute atomic E-state index is 0.0469. The van der Waals surface area contributed by atoms with Crippen LogP contribution in [0.15, 0.2) is 4.52 Å². The number of carboxylic acid groups (broad SMARTS) is 1. The van der Waals surface area contributed by atoms with Gasteiger partial charge in [0, 0.05) is 12.0 Å². The number of aryl methyl sites for hydroxylation is 3. The van der Waals surface area contributed by atoms with Gasteiger partial charge in [-0.25, -0.2) is 4.79 Å². The highest BCUT2D eigenvalue weighted by atomic mass is 32.1. The number of hydrogen-bond acceptors (Lipinski definition) is 6. The van der Waals surface area contributed by atoms with Gasteiger partial charge in [-0.2, -0.15) is 4.37 Å². The van der Waals surface area contributed by atoms with Gasteiger partial charge in [-0.3, -0.25) is 4.79 Å². The fourth-order valence-corrected chi connectivity index (χ4v) is 2.80. The molecule has 0 saturated heterocycles. The van der Waals surface area contributed by atoms with Gasteiger partial charge < -0.3 is 14.9 Å². The summed E-state index contributed by atoms with van der Waals surface area (Å²) in [6.07, 6.45) is 0.714. The van der Waals surface area contributed by atoms with Crippen molar-refractivity contribution in [2.24, 2.45) is 0 Å². The Morgan fingerprint density at radius 3 is 2.57 bits per heavy atom. The third kappa shape index (κ3) is 3.27. The van der Waals surface area contributed by atoms with Crippen molar-refractivity contribution < 1.29 is 19.2 Å². The zero-order valence-corrected chi connectivity index (χ0v) is 12.7.